The van der Waals surface area contributed by atoms with Gasteiger partial charge in [-0.1, -0.05) is 20.3 Å². The van der Waals surface area contributed by atoms with Gasteiger partial charge in [-0.2, -0.15) is 5.10 Å². The van der Waals surface area contributed by atoms with Crippen LogP contribution in [0.4, 0.5) is 0 Å². The van der Waals surface area contributed by atoms with Crippen LogP contribution in [0.25, 0.3) is 0 Å². The van der Waals surface area contributed by atoms with Gasteiger partial charge < -0.3 is 5.32 Å². The zero-order valence-electron chi connectivity index (χ0n) is 10.6. The zero-order chi connectivity index (χ0) is 11.5. The fourth-order valence-corrected chi connectivity index (χ4v) is 2.88. The molecule has 1 heterocycles. The van der Waals surface area contributed by atoms with Crippen LogP contribution >= 0.6 is 0 Å². The Bertz CT molecular complexity index is 322. The van der Waals surface area contributed by atoms with Crippen molar-refractivity contribution in [3.8, 4) is 0 Å². The van der Waals surface area contributed by atoms with Crippen molar-refractivity contribution in [3.63, 3.8) is 0 Å². The van der Waals surface area contributed by atoms with Crippen LogP contribution in [-0.4, -0.2) is 15.8 Å². The molecule has 3 heteroatoms. The van der Waals surface area contributed by atoms with Gasteiger partial charge in [0, 0.05) is 31.4 Å². The molecule has 90 valence electrons. The number of aryl methyl sites for hydroxylation is 1. The van der Waals surface area contributed by atoms with Crippen LogP contribution in [0.3, 0.4) is 0 Å². The van der Waals surface area contributed by atoms with Gasteiger partial charge in [-0.05, 0) is 24.7 Å². The van der Waals surface area contributed by atoms with Gasteiger partial charge in [0.25, 0.3) is 0 Å². The molecule has 3 nitrogen and oxygen atoms in total. The molecule has 2 atom stereocenters. The third-order valence-corrected chi connectivity index (χ3v) is 3.85. The Morgan fingerprint density at radius 1 is 1.38 bits per heavy atom. The summed E-state index contributed by atoms with van der Waals surface area (Å²) in [5, 5.41) is 7.89. The normalized spacial score (nSPS) is 30.6. The second kappa shape index (κ2) is 5.00. The fraction of sp³-hybridized carbons (Fsp3) is 0.769. The maximum absolute atomic E-state index is 4.20. The lowest BCUT2D eigenvalue weighted by Crippen LogP contribution is -2.42. The average Bonchev–Trinajstić information content (AvgIpc) is 2.63. The molecule has 0 bridgehead atoms. The van der Waals surface area contributed by atoms with Crippen LogP contribution in [0.5, 0.6) is 0 Å². The molecule has 2 rings (SSSR count). The first-order chi connectivity index (χ1) is 7.66. The lowest BCUT2D eigenvalue weighted by molar-refractivity contribution is 0.207. The molecular weight excluding hydrogens is 198 g/mol. The van der Waals surface area contributed by atoms with Crippen molar-refractivity contribution in [2.24, 2.45) is 18.9 Å². The maximum atomic E-state index is 4.20. The molecule has 1 aromatic heterocycles. The van der Waals surface area contributed by atoms with Crippen molar-refractivity contribution in [1.29, 1.82) is 0 Å². The third kappa shape index (κ3) is 2.64. The van der Waals surface area contributed by atoms with Crippen LogP contribution in [0, 0.1) is 11.8 Å². The van der Waals surface area contributed by atoms with Crippen molar-refractivity contribution in [3.05, 3.63) is 18.0 Å². The van der Waals surface area contributed by atoms with Crippen LogP contribution in [0.1, 0.15) is 38.7 Å². The summed E-state index contributed by atoms with van der Waals surface area (Å²) in [6.07, 6.45) is 8.17. The lowest BCUT2D eigenvalue weighted by Gasteiger charge is -2.35. The molecule has 0 spiro atoms. The summed E-state index contributed by atoms with van der Waals surface area (Å²) < 4.78 is 1.87. The highest BCUT2D eigenvalue weighted by atomic mass is 15.2. The highest BCUT2D eigenvalue weighted by Gasteiger charge is 2.26. The molecule has 0 aliphatic heterocycles. The number of aromatic nitrogens is 2. The number of rotatable bonds is 3. The molecule has 1 N–H and O–H groups in total. The van der Waals surface area contributed by atoms with E-state index >= 15 is 0 Å². The second-order valence-corrected chi connectivity index (χ2v) is 5.31. The largest absolute Gasteiger partial charge is 0.309 e. The number of nitrogens with one attached hydrogen (secondary N) is 1. The zero-order valence-corrected chi connectivity index (χ0v) is 10.6. The van der Waals surface area contributed by atoms with E-state index in [9.17, 15) is 0 Å². The Labute approximate surface area is 98.2 Å². The Balaban J connectivity index is 1.88. The molecule has 1 aliphatic carbocycles. The standard InChI is InChI=1S/C13H23N3/c1-10-5-4-6-11(2)13(10)14-7-12-8-15-16(3)9-12/h8-11,13-14H,4-7H2,1-3H3. The van der Waals surface area contributed by atoms with Crippen LogP contribution < -0.4 is 5.32 Å². The van der Waals surface area contributed by atoms with E-state index in [-0.39, 0.29) is 0 Å². The molecular formula is C13H23N3. The summed E-state index contributed by atoms with van der Waals surface area (Å²) in [5.74, 6) is 1.61. The Kier molecular flexibility index (Phi) is 3.64. The van der Waals surface area contributed by atoms with Gasteiger partial charge in [-0.15, -0.1) is 0 Å². The minimum absolute atomic E-state index is 0.675. The van der Waals surface area contributed by atoms with E-state index in [4.69, 9.17) is 0 Å². The second-order valence-electron chi connectivity index (χ2n) is 5.31. The van der Waals surface area contributed by atoms with Crippen LogP contribution in [-0.2, 0) is 13.6 Å². The summed E-state index contributed by atoms with van der Waals surface area (Å²) in [5.41, 5.74) is 1.28. The van der Waals surface area contributed by atoms with Crippen LogP contribution in [0.15, 0.2) is 12.4 Å². The van der Waals surface area contributed by atoms with Gasteiger partial charge in [0.1, 0.15) is 0 Å². The van der Waals surface area contributed by atoms with Crippen molar-refractivity contribution >= 4 is 0 Å². The van der Waals surface area contributed by atoms with E-state index in [1.807, 2.05) is 17.9 Å². The van der Waals surface area contributed by atoms with E-state index in [2.05, 4.69) is 30.5 Å². The topological polar surface area (TPSA) is 29.9 Å². The Morgan fingerprint density at radius 2 is 2.06 bits per heavy atom. The molecule has 1 aliphatic rings. The van der Waals surface area contributed by atoms with Gasteiger partial charge in [-0.3, -0.25) is 4.68 Å². The summed E-state index contributed by atoms with van der Waals surface area (Å²) in [6, 6.07) is 0.675. The predicted molar refractivity (Wildman–Crippen MR) is 66.0 cm³/mol. The summed E-state index contributed by atoms with van der Waals surface area (Å²) in [7, 11) is 1.97. The molecule has 2 unspecified atom stereocenters. The molecule has 0 saturated heterocycles. The predicted octanol–water partition coefficient (Wildman–Crippen LogP) is 2.33. The Morgan fingerprint density at radius 3 is 2.62 bits per heavy atom. The number of hydrogen-bond acceptors (Lipinski definition) is 2. The van der Waals surface area contributed by atoms with E-state index in [0.717, 1.165) is 18.4 Å². The first-order valence-corrected chi connectivity index (χ1v) is 6.37. The minimum atomic E-state index is 0.675. The van der Waals surface area contributed by atoms with Crippen molar-refractivity contribution in [1.82, 2.24) is 15.1 Å². The molecule has 1 saturated carbocycles. The molecule has 1 fully saturated rings. The molecule has 0 amide bonds. The number of hydrogen-bond donors (Lipinski definition) is 1. The van der Waals surface area contributed by atoms with Gasteiger partial charge >= 0.3 is 0 Å². The molecule has 0 radical (unpaired) electrons. The summed E-state index contributed by atoms with van der Waals surface area (Å²) in [6.45, 7) is 5.69. The average molecular weight is 221 g/mol. The highest BCUT2D eigenvalue weighted by molar-refractivity contribution is 5.03. The fourth-order valence-electron chi connectivity index (χ4n) is 2.88. The Hall–Kier alpha value is -0.830. The summed E-state index contributed by atoms with van der Waals surface area (Å²) >= 11 is 0. The first-order valence-electron chi connectivity index (χ1n) is 6.37. The number of nitrogens with zero attached hydrogens (tertiary/aromatic N) is 2. The SMILES string of the molecule is CC1CCCC(C)C1NCc1cnn(C)c1. The van der Waals surface area contributed by atoms with Gasteiger partial charge in [0.05, 0.1) is 6.20 Å². The lowest BCUT2D eigenvalue weighted by atomic mass is 9.79. The molecule has 0 aromatic carbocycles. The minimum Gasteiger partial charge on any atom is -0.309 e. The van der Waals surface area contributed by atoms with Gasteiger partial charge in [0.15, 0.2) is 0 Å². The van der Waals surface area contributed by atoms with Crippen molar-refractivity contribution in [2.75, 3.05) is 0 Å². The maximum Gasteiger partial charge on any atom is 0.0534 e. The van der Waals surface area contributed by atoms with Crippen molar-refractivity contribution in [2.45, 2.75) is 45.7 Å². The quantitative estimate of drug-likeness (QED) is 0.849. The van der Waals surface area contributed by atoms with E-state index < -0.39 is 0 Å². The summed E-state index contributed by atoms with van der Waals surface area (Å²) in [4.78, 5) is 0. The smallest absolute Gasteiger partial charge is 0.0534 e. The highest BCUT2D eigenvalue weighted by Crippen LogP contribution is 2.28. The van der Waals surface area contributed by atoms with E-state index in [0.29, 0.717) is 6.04 Å². The monoisotopic (exact) mass is 221 g/mol. The molecule has 1 aromatic rings. The van der Waals surface area contributed by atoms with E-state index in [1.54, 1.807) is 0 Å². The molecule has 16 heavy (non-hydrogen) atoms. The van der Waals surface area contributed by atoms with E-state index in [1.165, 1.54) is 24.8 Å². The van der Waals surface area contributed by atoms with Crippen molar-refractivity contribution < 1.29 is 0 Å². The van der Waals surface area contributed by atoms with Crippen LogP contribution in [0.2, 0.25) is 0 Å². The third-order valence-electron chi connectivity index (χ3n) is 3.85. The van der Waals surface area contributed by atoms with Gasteiger partial charge in [0.2, 0.25) is 0 Å². The van der Waals surface area contributed by atoms with Gasteiger partial charge in [-0.25, -0.2) is 0 Å². The first kappa shape index (κ1) is 11.6.